The van der Waals surface area contributed by atoms with Gasteiger partial charge in [0.2, 0.25) is 0 Å². The van der Waals surface area contributed by atoms with E-state index in [1.807, 2.05) is 0 Å². The number of nitrogens with zero attached hydrogens (tertiary/aromatic N) is 1. The van der Waals surface area contributed by atoms with Crippen LogP contribution in [0.1, 0.15) is 45.6 Å². The van der Waals surface area contributed by atoms with Crippen LogP contribution in [-0.4, -0.2) is 43.9 Å². The smallest absolute Gasteiger partial charge is 0.191 e. The molecule has 152 valence electrons. The highest BCUT2D eigenvalue weighted by molar-refractivity contribution is 14.0. The summed E-state index contributed by atoms with van der Waals surface area (Å²) in [5.41, 5.74) is 1.28. The Labute approximate surface area is 180 Å². The summed E-state index contributed by atoms with van der Waals surface area (Å²) >= 11 is 0. The first kappa shape index (κ1) is 22.3. The molecule has 5 nitrogen and oxygen atoms in total. The average molecular weight is 487 g/mol. The van der Waals surface area contributed by atoms with E-state index in [2.05, 4.69) is 55.7 Å². The summed E-state index contributed by atoms with van der Waals surface area (Å²) in [7, 11) is 0. The average Bonchev–Trinajstić information content (AvgIpc) is 3.24. The summed E-state index contributed by atoms with van der Waals surface area (Å²) in [6.07, 6.45) is 5.24. The number of nitrogens with one attached hydrogen (secondary N) is 2. The zero-order valence-electron chi connectivity index (χ0n) is 16.7. The monoisotopic (exact) mass is 487 g/mol. The molecular formula is C21H34IN3O2. The molecule has 2 N–H and O–H groups in total. The van der Waals surface area contributed by atoms with E-state index in [0.717, 1.165) is 44.2 Å². The number of ether oxygens (including phenoxy) is 2. The minimum absolute atomic E-state index is 0. The number of hydrogen-bond acceptors (Lipinski definition) is 3. The molecule has 0 radical (unpaired) electrons. The van der Waals surface area contributed by atoms with Crippen molar-refractivity contribution in [3.8, 4) is 5.75 Å². The molecule has 6 heteroatoms. The maximum atomic E-state index is 5.93. The molecule has 0 aliphatic carbocycles. The molecule has 0 saturated carbocycles. The van der Waals surface area contributed by atoms with Crippen molar-refractivity contribution in [1.29, 1.82) is 0 Å². The highest BCUT2D eigenvalue weighted by Crippen LogP contribution is 2.34. The lowest BCUT2D eigenvalue weighted by Crippen LogP contribution is -2.47. The first-order chi connectivity index (χ1) is 12.6. The molecule has 0 amide bonds. The van der Waals surface area contributed by atoms with E-state index in [1.165, 1.54) is 18.4 Å². The second kappa shape index (κ2) is 11.1. The number of rotatable bonds is 8. The molecule has 3 rings (SSSR count). The van der Waals surface area contributed by atoms with E-state index < -0.39 is 0 Å². The van der Waals surface area contributed by atoms with E-state index in [9.17, 15) is 0 Å². The Hall–Kier alpha value is -1.02. The number of halogens is 1. The highest BCUT2D eigenvalue weighted by Gasteiger charge is 2.41. The van der Waals surface area contributed by atoms with Crippen LogP contribution in [0.5, 0.6) is 5.75 Å². The van der Waals surface area contributed by atoms with Gasteiger partial charge in [0.1, 0.15) is 5.75 Å². The number of fused-ring (bicyclic) bond motifs is 2. The minimum Gasteiger partial charge on any atom is -0.493 e. The normalized spacial score (nSPS) is 24.0. The van der Waals surface area contributed by atoms with E-state index in [1.54, 1.807) is 0 Å². The molecule has 0 spiro atoms. The first-order valence-corrected chi connectivity index (χ1v) is 10.1. The van der Waals surface area contributed by atoms with Crippen molar-refractivity contribution in [2.45, 2.75) is 64.7 Å². The lowest BCUT2D eigenvalue weighted by Gasteiger charge is -2.22. The molecule has 2 fully saturated rings. The van der Waals surface area contributed by atoms with Gasteiger partial charge in [0, 0.05) is 13.1 Å². The minimum atomic E-state index is 0. The second-order valence-corrected chi connectivity index (χ2v) is 7.72. The topological polar surface area (TPSA) is 54.9 Å². The van der Waals surface area contributed by atoms with Gasteiger partial charge < -0.3 is 20.1 Å². The van der Waals surface area contributed by atoms with E-state index in [0.29, 0.717) is 24.2 Å². The summed E-state index contributed by atoms with van der Waals surface area (Å²) in [5.74, 6) is 2.39. The molecule has 2 bridgehead atoms. The first-order valence-electron chi connectivity index (χ1n) is 10.1. The van der Waals surface area contributed by atoms with Gasteiger partial charge in [0.15, 0.2) is 5.96 Å². The van der Waals surface area contributed by atoms with Crippen LogP contribution < -0.4 is 15.4 Å². The molecule has 2 aliphatic rings. The van der Waals surface area contributed by atoms with Crippen molar-refractivity contribution in [3.63, 3.8) is 0 Å². The van der Waals surface area contributed by atoms with Crippen LogP contribution in [0, 0.1) is 5.92 Å². The van der Waals surface area contributed by atoms with Crippen molar-refractivity contribution in [1.82, 2.24) is 10.6 Å². The van der Waals surface area contributed by atoms with Crippen LogP contribution in [0.3, 0.4) is 0 Å². The van der Waals surface area contributed by atoms with Gasteiger partial charge in [-0.3, -0.25) is 4.99 Å². The van der Waals surface area contributed by atoms with Crippen LogP contribution in [0.2, 0.25) is 0 Å². The van der Waals surface area contributed by atoms with Gasteiger partial charge in [-0.1, -0.05) is 26.0 Å². The van der Waals surface area contributed by atoms with E-state index in [4.69, 9.17) is 14.5 Å². The van der Waals surface area contributed by atoms with Gasteiger partial charge >= 0.3 is 0 Å². The summed E-state index contributed by atoms with van der Waals surface area (Å²) in [4.78, 5) is 4.75. The lowest BCUT2D eigenvalue weighted by molar-refractivity contribution is 0.0992. The van der Waals surface area contributed by atoms with Gasteiger partial charge in [-0.25, -0.2) is 0 Å². The Kier molecular flexibility index (Phi) is 9.15. The van der Waals surface area contributed by atoms with Gasteiger partial charge in [-0.05, 0) is 56.2 Å². The third-order valence-electron chi connectivity index (χ3n) is 4.95. The summed E-state index contributed by atoms with van der Waals surface area (Å²) in [6, 6.07) is 8.78. The van der Waals surface area contributed by atoms with Crippen molar-refractivity contribution in [3.05, 3.63) is 29.8 Å². The molecule has 2 saturated heterocycles. The molecule has 0 aromatic heterocycles. The number of aliphatic imine (C=N–C) groups is 1. The van der Waals surface area contributed by atoms with Crippen molar-refractivity contribution in [2.24, 2.45) is 10.9 Å². The lowest BCUT2D eigenvalue weighted by atomic mass is 9.96. The zero-order chi connectivity index (χ0) is 18.4. The Morgan fingerprint density at radius 2 is 2.04 bits per heavy atom. The maximum absolute atomic E-state index is 5.93. The quantitative estimate of drug-likeness (QED) is 0.333. The molecular weight excluding hydrogens is 453 g/mol. The van der Waals surface area contributed by atoms with Crippen LogP contribution in [0.4, 0.5) is 0 Å². The van der Waals surface area contributed by atoms with Crippen molar-refractivity contribution < 1.29 is 9.47 Å². The SMILES string of the molecule is CCNC(=NCCc1ccc(OCC(C)C)cc1)NC1CC2CCC1O2.I. The zero-order valence-corrected chi connectivity index (χ0v) is 19.1. The van der Waals surface area contributed by atoms with Crippen LogP contribution in [-0.2, 0) is 11.2 Å². The molecule has 2 aliphatic heterocycles. The Morgan fingerprint density at radius 3 is 2.63 bits per heavy atom. The largest absolute Gasteiger partial charge is 0.493 e. The van der Waals surface area contributed by atoms with Crippen LogP contribution in [0.25, 0.3) is 0 Å². The van der Waals surface area contributed by atoms with Crippen LogP contribution in [0.15, 0.2) is 29.3 Å². The van der Waals surface area contributed by atoms with E-state index >= 15 is 0 Å². The fraction of sp³-hybridized carbons (Fsp3) is 0.667. The molecule has 1 aromatic carbocycles. The second-order valence-electron chi connectivity index (χ2n) is 7.72. The van der Waals surface area contributed by atoms with Gasteiger partial charge in [-0.15, -0.1) is 24.0 Å². The van der Waals surface area contributed by atoms with E-state index in [-0.39, 0.29) is 24.0 Å². The number of hydrogen-bond donors (Lipinski definition) is 2. The molecule has 2 heterocycles. The van der Waals surface area contributed by atoms with Crippen molar-refractivity contribution >= 4 is 29.9 Å². The molecule has 3 atom stereocenters. The van der Waals surface area contributed by atoms with Crippen molar-refractivity contribution in [2.75, 3.05) is 19.7 Å². The standard InChI is InChI=1S/C21H33N3O2.HI/c1-4-22-21(24-19-13-18-9-10-20(19)26-18)23-12-11-16-5-7-17(8-6-16)25-14-15(2)3;/h5-8,15,18-20H,4,9-14H2,1-3H3,(H2,22,23,24);1H. The third-order valence-corrected chi connectivity index (χ3v) is 4.95. The Balaban J connectivity index is 0.00000261. The third kappa shape index (κ3) is 6.82. The fourth-order valence-electron chi connectivity index (χ4n) is 3.60. The molecule has 27 heavy (non-hydrogen) atoms. The van der Waals surface area contributed by atoms with Gasteiger partial charge in [-0.2, -0.15) is 0 Å². The summed E-state index contributed by atoms with van der Waals surface area (Å²) in [5, 5.41) is 6.92. The molecule has 3 unspecified atom stereocenters. The Bertz CT molecular complexity index is 592. The summed E-state index contributed by atoms with van der Waals surface area (Å²) < 4.78 is 11.7. The maximum Gasteiger partial charge on any atom is 0.191 e. The highest BCUT2D eigenvalue weighted by atomic mass is 127. The Morgan fingerprint density at radius 1 is 1.26 bits per heavy atom. The number of guanidine groups is 1. The molecule has 1 aromatic rings. The predicted octanol–water partition coefficient (Wildman–Crippen LogP) is 3.76. The predicted molar refractivity (Wildman–Crippen MR) is 121 cm³/mol. The van der Waals surface area contributed by atoms with Gasteiger partial charge in [0.25, 0.3) is 0 Å². The summed E-state index contributed by atoms with van der Waals surface area (Å²) in [6.45, 7) is 8.81. The fourth-order valence-corrected chi connectivity index (χ4v) is 3.60. The van der Waals surface area contributed by atoms with Crippen LogP contribution >= 0.6 is 24.0 Å². The van der Waals surface area contributed by atoms with Gasteiger partial charge in [0.05, 0.1) is 24.9 Å². The number of benzene rings is 1.